The zero-order valence-electron chi connectivity index (χ0n) is 19.4. The van der Waals surface area contributed by atoms with Gasteiger partial charge in [-0.1, -0.05) is 6.42 Å². The Morgan fingerprint density at radius 3 is 2.09 bits per heavy atom. The van der Waals surface area contributed by atoms with E-state index < -0.39 is 32.5 Å². The molecule has 0 bridgehead atoms. The summed E-state index contributed by atoms with van der Waals surface area (Å²) in [6.07, 6.45) is 2.70. The number of ether oxygens (including phenoxy) is 2. The van der Waals surface area contributed by atoms with Crippen LogP contribution in [0.3, 0.4) is 0 Å². The quantitative estimate of drug-likeness (QED) is 0.547. The number of anilines is 1. The number of nitrogens with zero attached hydrogens (tertiary/aromatic N) is 2. The zero-order valence-corrected chi connectivity index (χ0v) is 21.0. The Bertz CT molecular complexity index is 1220. The van der Waals surface area contributed by atoms with Gasteiger partial charge in [0.15, 0.2) is 11.5 Å². The second-order valence-electron chi connectivity index (χ2n) is 7.82. The van der Waals surface area contributed by atoms with Crippen molar-refractivity contribution in [1.29, 1.82) is 0 Å². The lowest BCUT2D eigenvalue weighted by atomic mass is 10.2. The van der Waals surface area contributed by atoms with Gasteiger partial charge in [0.2, 0.25) is 26.0 Å². The molecule has 1 fully saturated rings. The Kier molecular flexibility index (Phi) is 8.18. The van der Waals surface area contributed by atoms with Crippen LogP contribution in [0.5, 0.6) is 11.5 Å². The topological polar surface area (TPSA) is 122 Å². The second-order valence-corrected chi connectivity index (χ2v) is 11.8. The lowest BCUT2D eigenvalue weighted by Gasteiger charge is -2.25. The number of carbonyl (C=O) groups is 1. The van der Waals surface area contributed by atoms with Crippen molar-refractivity contribution in [3.05, 3.63) is 42.5 Å². The molecule has 0 atom stereocenters. The number of hydrogen-bond acceptors (Lipinski definition) is 7. The number of likely N-dealkylation sites (N-methyl/N-ethyl adjacent to an activating group) is 1. The predicted octanol–water partition coefficient (Wildman–Crippen LogP) is 2.14. The maximum atomic E-state index is 12.9. The summed E-state index contributed by atoms with van der Waals surface area (Å²) in [5.74, 6) is 0.0619. The Hall–Kier alpha value is -2.67. The molecule has 1 N–H and O–H groups in total. The van der Waals surface area contributed by atoms with E-state index in [0.717, 1.165) is 23.6 Å². The molecule has 0 aromatic heterocycles. The maximum Gasteiger partial charge on any atom is 0.243 e. The first-order chi connectivity index (χ1) is 16.1. The van der Waals surface area contributed by atoms with Gasteiger partial charge in [0.05, 0.1) is 30.6 Å². The number of rotatable bonds is 9. The molecule has 1 aliphatic rings. The minimum absolute atomic E-state index is 0.0484. The highest BCUT2D eigenvalue weighted by atomic mass is 32.2. The van der Waals surface area contributed by atoms with E-state index in [1.165, 1.54) is 68.0 Å². The van der Waals surface area contributed by atoms with Crippen molar-refractivity contribution in [2.75, 3.05) is 46.2 Å². The molecule has 1 saturated heterocycles. The number of hydrogen-bond donors (Lipinski definition) is 1. The number of nitrogens with one attached hydrogen (secondary N) is 1. The van der Waals surface area contributed by atoms with Gasteiger partial charge >= 0.3 is 0 Å². The lowest BCUT2D eigenvalue weighted by Crippen LogP contribution is -2.35. The predicted molar refractivity (Wildman–Crippen MR) is 127 cm³/mol. The number of amides is 1. The van der Waals surface area contributed by atoms with Crippen LogP contribution in [-0.4, -0.2) is 72.3 Å². The van der Waals surface area contributed by atoms with Crippen molar-refractivity contribution < 1.29 is 31.1 Å². The number of sulfonamides is 2. The van der Waals surface area contributed by atoms with Crippen molar-refractivity contribution in [2.24, 2.45) is 0 Å². The fraction of sp³-hybridized carbons (Fsp3) is 0.409. The fourth-order valence-corrected chi connectivity index (χ4v) is 6.27. The van der Waals surface area contributed by atoms with Gasteiger partial charge in [0.25, 0.3) is 0 Å². The minimum atomic E-state index is -3.97. The second kappa shape index (κ2) is 10.7. The monoisotopic (exact) mass is 511 g/mol. The molecular weight excluding hydrogens is 482 g/mol. The first-order valence-corrected chi connectivity index (χ1v) is 13.6. The highest BCUT2D eigenvalue weighted by Gasteiger charge is 2.27. The van der Waals surface area contributed by atoms with Crippen LogP contribution in [0.1, 0.15) is 19.3 Å². The summed E-state index contributed by atoms with van der Waals surface area (Å²) in [4.78, 5) is 12.6. The van der Waals surface area contributed by atoms with Crippen LogP contribution >= 0.6 is 0 Å². The summed E-state index contributed by atoms with van der Waals surface area (Å²) in [6.45, 7) is 0.563. The fourth-order valence-electron chi connectivity index (χ4n) is 3.61. The van der Waals surface area contributed by atoms with E-state index in [4.69, 9.17) is 9.47 Å². The molecule has 0 saturated carbocycles. The van der Waals surface area contributed by atoms with E-state index in [9.17, 15) is 21.6 Å². The van der Waals surface area contributed by atoms with E-state index in [-0.39, 0.29) is 15.5 Å². The maximum absolute atomic E-state index is 12.9. The first kappa shape index (κ1) is 25.9. The van der Waals surface area contributed by atoms with E-state index in [2.05, 4.69) is 5.32 Å². The van der Waals surface area contributed by atoms with Crippen LogP contribution in [0.15, 0.2) is 52.3 Å². The highest BCUT2D eigenvalue weighted by Crippen LogP contribution is 2.30. The van der Waals surface area contributed by atoms with Crippen LogP contribution in [0.4, 0.5) is 5.69 Å². The summed E-state index contributed by atoms with van der Waals surface area (Å²) in [7, 11) is -3.41. The average molecular weight is 512 g/mol. The summed E-state index contributed by atoms with van der Waals surface area (Å²) >= 11 is 0. The third kappa shape index (κ3) is 5.69. The van der Waals surface area contributed by atoms with Crippen LogP contribution in [0.25, 0.3) is 0 Å². The van der Waals surface area contributed by atoms with Crippen LogP contribution in [-0.2, 0) is 24.8 Å². The van der Waals surface area contributed by atoms with E-state index in [1.54, 1.807) is 0 Å². The Morgan fingerprint density at radius 2 is 1.50 bits per heavy atom. The molecule has 3 rings (SSSR count). The largest absolute Gasteiger partial charge is 0.493 e. The number of carbonyl (C=O) groups excluding carboxylic acids is 1. The highest BCUT2D eigenvalue weighted by molar-refractivity contribution is 7.89. The third-order valence-electron chi connectivity index (χ3n) is 5.52. The van der Waals surface area contributed by atoms with Crippen LogP contribution < -0.4 is 14.8 Å². The average Bonchev–Trinajstić information content (AvgIpc) is 2.84. The van der Waals surface area contributed by atoms with Crippen molar-refractivity contribution >= 4 is 31.6 Å². The van der Waals surface area contributed by atoms with Gasteiger partial charge in [-0.3, -0.25) is 4.79 Å². The summed E-state index contributed by atoms with van der Waals surface area (Å²) in [6, 6.07) is 10.00. The molecule has 10 nitrogen and oxygen atoms in total. The molecule has 0 spiro atoms. The Balaban J connectivity index is 1.66. The van der Waals surface area contributed by atoms with Gasteiger partial charge in [-0.25, -0.2) is 16.8 Å². The van der Waals surface area contributed by atoms with Crippen LogP contribution in [0, 0.1) is 0 Å². The number of piperidine rings is 1. The standard InChI is InChI=1S/C22H29N3O7S2/c1-24(33(27,28)19-11-12-20(31-2)21(15-19)32-3)16-22(26)23-17-7-9-18(10-8-17)34(29,30)25-13-5-4-6-14-25/h7-12,15H,4-6,13-14,16H2,1-3H3,(H,23,26). The SMILES string of the molecule is COc1ccc(S(=O)(=O)N(C)CC(=O)Nc2ccc(S(=O)(=O)N3CCCCC3)cc2)cc1OC. The van der Waals surface area contributed by atoms with Gasteiger partial charge in [-0.05, 0) is 49.2 Å². The van der Waals surface area contributed by atoms with Crippen molar-refractivity contribution in [3.8, 4) is 11.5 Å². The molecule has 1 aliphatic heterocycles. The first-order valence-electron chi connectivity index (χ1n) is 10.7. The molecule has 0 aliphatic carbocycles. The summed E-state index contributed by atoms with van der Waals surface area (Å²) < 4.78 is 63.9. The molecule has 2 aromatic carbocycles. The molecule has 12 heteroatoms. The Labute approximate surface area is 200 Å². The zero-order chi connectivity index (χ0) is 24.9. The van der Waals surface area contributed by atoms with E-state index in [1.807, 2.05) is 0 Å². The molecule has 34 heavy (non-hydrogen) atoms. The van der Waals surface area contributed by atoms with Crippen molar-refractivity contribution in [2.45, 2.75) is 29.1 Å². The number of benzene rings is 2. The lowest BCUT2D eigenvalue weighted by molar-refractivity contribution is -0.116. The summed E-state index contributed by atoms with van der Waals surface area (Å²) in [5, 5.41) is 2.60. The van der Waals surface area contributed by atoms with E-state index >= 15 is 0 Å². The number of methoxy groups -OCH3 is 2. The molecule has 186 valence electrons. The van der Waals surface area contributed by atoms with Gasteiger partial charge in [0, 0.05) is 31.9 Å². The normalized spacial score (nSPS) is 15.2. The van der Waals surface area contributed by atoms with Gasteiger partial charge in [-0.2, -0.15) is 8.61 Å². The smallest absolute Gasteiger partial charge is 0.243 e. The molecule has 1 amide bonds. The van der Waals surface area contributed by atoms with Crippen LogP contribution in [0.2, 0.25) is 0 Å². The molecule has 0 unspecified atom stereocenters. The van der Waals surface area contributed by atoms with Gasteiger partial charge in [-0.15, -0.1) is 0 Å². The van der Waals surface area contributed by atoms with E-state index in [0.29, 0.717) is 24.5 Å². The van der Waals surface area contributed by atoms with Gasteiger partial charge < -0.3 is 14.8 Å². The van der Waals surface area contributed by atoms with Crippen molar-refractivity contribution in [1.82, 2.24) is 8.61 Å². The molecule has 2 aromatic rings. The van der Waals surface area contributed by atoms with Gasteiger partial charge in [0.1, 0.15) is 0 Å². The Morgan fingerprint density at radius 1 is 0.912 bits per heavy atom. The third-order valence-corrected chi connectivity index (χ3v) is 9.23. The summed E-state index contributed by atoms with van der Waals surface area (Å²) in [5.41, 5.74) is 0.361. The molecular formula is C22H29N3O7S2. The van der Waals surface area contributed by atoms with Crippen molar-refractivity contribution in [3.63, 3.8) is 0 Å². The minimum Gasteiger partial charge on any atom is -0.493 e. The molecule has 0 radical (unpaired) electrons. The molecule has 1 heterocycles.